The fourth-order valence-corrected chi connectivity index (χ4v) is 5.06. The van der Waals surface area contributed by atoms with Crippen LogP contribution in [-0.2, 0) is 8.67 Å². The van der Waals surface area contributed by atoms with Gasteiger partial charge in [0.25, 0.3) is 0 Å². The number of halogens is 10. The number of aromatic nitrogens is 2. The molecule has 0 bridgehead atoms. The van der Waals surface area contributed by atoms with Crippen LogP contribution in [0.4, 0.5) is 4.39 Å². The number of benzene rings is 2. The molecule has 0 aliphatic heterocycles. The number of alkyl halides is 10. The molecule has 1 aliphatic carbocycles. The standard InChI is InChI=1S/C22H19BCl9F.C6H8N2/c1-13(33)18(24)3-2-12-23(16-8-4-14(5-9-16)21(29,30)19(25)26)17-10-6-15(7-11-17)22(31,32)20(27)28;1-2-6(1)8-4-3-7-5-8/h2-11,13,18-20H,12H2,1H3;3-6H,1-2H2. The third-order valence-electron chi connectivity index (χ3n) is 6.57. The molecule has 13 heteroatoms. The second-order valence-electron chi connectivity index (χ2n) is 9.67. The fourth-order valence-electron chi connectivity index (χ4n) is 3.95. The number of nitrogens with zero attached hydrogens (tertiary/aromatic N) is 2. The highest BCUT2D eigenvalue weighted by Crippen LogP contribution is 2.42. The first-order valence-electron chi connectivity index (χ1n) is 12.7. The van der Waals surface area contributed by atoms with Crippen molar-refractivity contribution in [1.29, 1.82) is 0 Å². The van der Waals surface area contributed by atoms with Gasteiger partial charge in [-0.25, -0.2) is 9.37 Å². The molecular formula is C28H27BCl9FN2. The summed E-state index contributed by atoms with van der Waals surface area (Å²) in [6.45, 7) is 1.31. The van der Waals surface area contributed by atoms with Crippen LogP contribution in [0.5, 0.6) is 0 Å². The number of rotatable bonds is 11. The maximum atomic E-state index is 13.4. The van der Waals surface area contributed by atoms with E-state index in [1.165, 1.54) is 19.8 Å². The smallest absolute Gasteiger partial charge is 0.213 e. The summed E-state index contributed by atoms with van der Waals surface area (Å²) in [6, 6.07) is 15.4. The zero-order valence-electron chi connectivity index (χ0n) is 21.8. The van der Waals surface area contributed by atoms with Gasteiger partial charge in [0.05, 0.1) is 11.7 Å². The predicted molar refractivity (Wildman–Crippen MR) is 180 cm³/mol. The van der Waals surface area contributed by atoms with Crippen LogP contribution in [0.25, 0.3) is 0 Å². The van der Waals surface area contributed by atoms with Gasteiger partial charge in [-0.1, -0.05) is 118 Å². The molecule has 0 amide bonds. The third kappa shape index (κ3) is 10.00. The van der Waals surface area contributed by atoms with Crippen molar-refractivity contribution in [1.82, 2.24) is 9.55 Å². The second kappa shape index (κ2) is 15.8. The van der Waals surface area contributed by atoms with Crippen molar-refractivity contribution in [2.45, 2.75) is 62.0 Å². The number of hydrogen-bond acceptors (Lipinski definition) is 1. The molecule has 222 valence electrons. The Morgan fingerprint density at radius 1 is 0.878 bits per heavy atom. The molecule has 2 aromatic carbocycles. The molecule has 0 N–H and O–H groups in total. The second-order valence-corrected chi connectivity index (χ2v) is 15.1. The summed E-state index contributed by atoms with van der Waals surface area (Å²) < 4.78 is 12.7. The third-order valence-corrected chi connectivity index (χ3v) is 11.0. The summed E-state index contributed by atoms with van der Waals surface area (Å²) in [5, 5.41) is -0.717. The van der Waals surface area contributed by atoms with Crippen LogP contribution in [0.3, 0.4) is 0 Å². The number of hydrogen-bond donors (Lipinski definition) is 0. The van der Waals surface area contributed by atoms with Crippen LogP contribution < -0.4 is 10.9 Å². The van der Waals surface area contributed by atoms with E-state index < -0.39 is 29.9 Å². The van der Waals surface area contributed by atoms with Gasteiger partial charge in [-0.15, -0.1) is 58.0 Å². The first-order chi connectivity index (χ1) is 19.2. The Morgan fingerprint density at radius 3 is 1.68 bits per heavy atom. The van der Waals surface area contributed by atoms with E-state index in [2.05, 4.69) is 9.55 Å². The van der Waals surface area contributed by atoms with E-state index >= 15 is 0 Å². The molecule has 1 aromatic heterocycles. The SMILES string of the molecule is CC(F)C(Cl)C=CCB(c1ccc(C(Cl)(Cl)C(Cl)Cl)cc1)c1ccc(C(Cl)(Cl)C(Cl)Cl)cc1.c1cn(C2CC2)cn1. The van der Waals surface area contributed by atoms with E-state index in [1.807, 2.05) is 49.1 Å². The molecule has 3 aromatic rings. The van der Waals surface area contributed by atoms with E-state index in [1.54, 1.807) is 30.3 Å². The highest BCUT2D eigenvalue weighted by Gasteiger charge is 2.36. The van der Waals surface area contributed by atoms with Gasteiger partial charge >= 0.3 is 0 Å². The van der Waals surface area contributed by atoms with E-state index in [-0.39, 0.29) is 6.71 Å². The zero-order chi connectivity index (χ0) is 30.4. The molecule has 1 heterocycles. The van der Waals surface area contributed by atoms with E-state index in [9.17, 15) is 4.39 Å². The predicted octanol–water partition coefficient (Wildman–Crippen LogP) is 9.90. The molecule has 0 radical (unpaired) electrons. The Morgan fingerprint density at radius 2 is 1.34 bits per heavy atom. The highest BCUT2D eigenvalue weighted by molar-refractivity contribution is 6.85. The lowest BCUT2D eigenvalue weighted by atomic mass is 9.38. The maximum Gasteiger partial charge on any atom is 0.213 e. The normalized spacial score (nSPS) is 15.6. The van der Waals surface area contributed by atoms with Gasteiger partial charge < -0.3 is 4.57 Å². The van der Waals surface area contributed by atoms with Crippen LogP contribution in [0, 0.1) is 0 Å². The molecule has 2 nitrogen and oxygen atoms in total. The van der Waals surface area contributed by atoms with Crippen molar-refractivity contribution in [2.75, 3.05) is 0 Å². The highest BCUT2D eigenvalue weighted by atomic mass is 35.5. The molecule has 2 unspecified atom stereocenters. The number of imidazole rings is 1. The Balaban J connectivity index is 0.000000486. The van der Waals surface area contributed by atoms with Crippen molar-refractivity contribution in [3.63, 3.8) is 0 Å². The van der Waals surface area contributed by atoms with Crippen LogP contribution in [0.15, 0.2) is 79.4 Å². The van der Waals surface area contributed by atoms with Crippen molar-refractivity contribution in [3.05, 3.63) is 90.5 Å². The lowest BCUT2D eigenvalue weighted by Gasteiger charge is -2.23. The summed E-state index contributed by atoms with van der Waals surface area (Å²) in [4.78, 5) is 1.92. The van der Waals surface area contributed by atoms with E-state index in [0.29, 0.717) is 17.4 Å². The first-order valence-corrected chi connectivity index (χ1v) is 16.4. The minimum atomic E-state index is -1.45. The summed E-state index contributed by atoms with van der Waals surface area (Å²) in [6.07, 6.45) is 11.3. The minimum Gasteiger partial charge on any atom is -0.334 e. The molecular weight excluding hydrogens is 713 g/mol. The van der Waals surface area contributed by atoms with Gasteiger partial charge in [0.1, 0.15) is 15.8 Å². The van der Waals surface area contributed by atoms with Crippen molar-refractivity contribution in [2.24, 2.45) is 0 Å². The largest absolute Gasteiger partial charge is 0.334 e. The lowest BCUT2D eigenvalue weighted by Crippen LogP contribution is -2.42. The molecule has 1 saturated carbocycles. The van der Waals surface area contributed by atoms with Crippen LogP contribution >= 0.6 is 104 Å². The molecule has 2 atom stereocenters. The Kier molecular flexibility index (Phi) is 13.7. The van der Waals surface area contributed by atoms with Gasteiger partial charge in [0.15, 0.2) is 8.67 Å². The van der Waals surface area contributed by atoms with E-state index in [0.717, 1.165) is 17.0 Å². The maximum absolute atomic E-state index is 13.4. The zero-order valence-corrected chi connectivity index (χ0v) is 28.6. The molecule has 41 heavy (non-hydrogen) atoms. The summed E-state index contributed by atoms with van der Waals surface area (Å²) in [5.41, 5.74) is 3.03. The number of allylic oxidation sites excluding steroid dienone is 2. The van der Waals surface area contributed by atoms with Crippen LogP contribution in [0.2, 0.25) is 6.32 Å². The van der Waals surface area contributed by atoms with Gasteiger partial charge in [-0.05, 0) is 37.2 Å². The molecule has 4 rings (SSSR count). The Labute approximate surface area is 286 Å². The van der Waals surface area contributed by atoms with Gasteiger partial charge in [-0.3, -0.25) is 0 Å². The van der Waals surface area contributed by atoms with Gasteiger partial charge in [0.2, 0.25) is 6.71 Å². The van der Waals surface area contributed by atoms with Crippen molar-refractivity contribution in [3.8, 4) is 0 Å². The summed E-state index contributed by atoms with van der Waals surface area (Å²) >= 11 is 54.7. The average Bonchev–Trinajstić information content (AvgIpc) is 3.64. The van der Waals surface area contributed by atoms with Crippen molar-refractivity contribution < 1.29 is 4.39 Å². The molecule has 0 saturated heterocycles. The summed E-state index contributed by atoms with van der Waals surface area (Å²) in [7, 11) is 0. The lowest BCUT2D eigenvalue weighted by molar-refractivity contribution is 0.369. The quantitative estimate of drug-likeness (QED) is 0.109. The topological polar surface area (TPSA) is 17.8 Å². The van der Waals surface area contributed by atoms with E-state index in [4.69, 9.17) is 104 Å². The average molecular weight is 740 g/mol. The fraction of sp³-hybridized carbons (Fsp3) is 0.393. The monoisotopic (exact) mass is 736 g/mol. The van der Waals surface area contributed by atoms with Crippen molar-refractivity contribution >= 4 is 122 Å². The van der Waals surface area contributed by atoms with Crippen LogP contribution in [0.1, 0.15) is 36.9 Å². The van der Waals surface area contributed by atoms with Gasteiger partial charge in [-0.2, -0.15) is 0 Å². The molecule has 1 fully saturated rings. The Bertz CT molecular complexity index is 1170. The Hall–Kier alpha value is -0.00506. The minimum absolute atomic E-state index is 0.103. The summed E-state index contributed by atoms with van der Waals surface area (Å²) in [5.74, 6) is 0. The molecule has 0 spiro atoms. The first kappa shape index (κ1) is 35.5. The molecule has 1 aliphatic rings. The van der Waals surface area contributed by atoms with Gasteiger partial charge in [0, 0.05) is 18.4 Å². The van der Waals surface area contributed by atoms with Crippen LogP contribution in [-0.4, -0.2) is 37.5 Å².